The fourth-order valence-electron chi connectivity index (χ4n) is 4.86. The lowest BCUT2D eigenvalue weighted by atomic mass is 9.93. The fraction of sp³-hybridized carbons (Fsp3) is 0.625. The van der Waals surface area contributed by atoms with Crippen molar-refractivity contribution in [3.8, 4) is 0 Å². The third-order valence-corrected chi connectivity index (χ3v) is 6.80. The third-order valence-electron chi connectivity index (χ3n) is 6.80. The van der Waals surface area contributed by atoms with Crippen LogP contribution in [0.5, 0.6) is 0 Å². The molecule has 8 heteroatoms. The maximum absolute atomic E-state index is 13.4. The molecule has 2 aliphatic rings. The number of hydrogen-bond acceptors (Lipinski definition) is 4. The maximum Gasteiger partial charge on any atom is 0.223 e. The zero-order valence-electron chi connectivity index (χ0n) is 19.1. The van der Waals surface area contributed by atoms with E-state index in [0.717, 1.165) is 45.6 Å². The highest BCUT2D eigenvalue weighted by molar-refractivity contribution is 5.78. The van der Waals surface area contributed by atoms with Gasteiger partial charge >= 0.3 is 0 Å². The Morgan fingerprint density at radius 1 is 1.12 bits per heavy atom. The SMILES string of the molecule is CC(C)N1CCN(C(=O)CC2CCCN(C(=O)CCc3nc4ccc(F)cc4[nH]3)C2)CC1. The van der Waals surface area contributed by atoms with Crippen LogP contribution >= 0.6 is 0 Å². The average Bonchev–Trinajstić information content (AvgIpc) is 3.19. The predicted octanol–water partition coefficient (Wildman–Crippen LogP) is 2.82. The molecule has 4 rings (SSSR count). The van der Waals surface area contributed by atoms with Gasteiger partial charge in [-0.1, -0.05) is 0 Å². The van der Waals surface area contributed by atoms with Gasteiger partial charge in [-0.2, -0.15) is 0 Å². The van der Waals surface area contributed by atoms with Gasteiger partial charge in [0.2, 0.25) is 11.8 Å². The second-order valence-corrected chi connectivity index (χ2v) is 9.41. The van der Waals surface area contributed by atoms with Crippen molar-refractivity contribution in [2.24, 2.45) is 5.92 Å². The standard InChI is InChI=1S/C24H34FN5O2/c1-17(2)28-10-12-29(13-11-28)24(32)14-18-4-3-9-30(16-18)23(31)8-7-22-26-20-6-5-19(25)15-21(20)27-22/h5-6,15,17-18H,3-4,7-14,16H2,1-2H3,(H,26,27). The summed E-state index contributed by atoms with van der Waals surface area (Å²) in [4.78, 5) is 39.4. The minimum atomic E-state index is -0.306. The van der Waals surface area contributed by atoms with E-state index in [0.29, 0.717) is 48.7 Å². The van der Waals surface area contributed by atoms with Gasteiger partial charge in [-0.05, 0) is 50.8 Å². The number of likely N-dealkylation sites (tertiary alicyclic amines) is 1. The van der Waals surface area contributed by atoms with Crippen molar-refractivity contribution >= 4 is 22.8 Å². The second-order valence-electron chi connectivity index (χ2n) is 9.41. The molecule has 32 heavy (non-hydrogen) atoms. The number of halogens is 1. The van der Waals surface area contributed by atoms with Gasteiger partial charge in [0, 0.05) is 64.6 Å². The molecule has 174 valence electrons. The fourth-order valence-corrected chi connectivity index (χ4v) is 4.86. The van der Waals surface area contributed by atoms with E-state index in [1.54, 1.807) is 6.07 Å². The first kappa shape index (κ1) is 22.7. The molecular weight excluding hydrogens is 409 g/mol. The molecule has 1 aromatic heterocycles. The Kier molecular flexibility index (Phi) is 7.08. The van der Waals surface area contributed by atoms with E-state index < -0.39 is 0 Å². The molecule has 7 nitrogen and oxygen atoms in total. The number of nitrogens with one attached hydrogen (secondary N) is 1. The number of fused-ring (bicyclic) bond motifs is 1. The topological polar surface area (TPSA) is 72.5 Å². The van der Waals surface area contributed by atoms with Crippen LogP contribution in [0.2, 0.25) is 0 Å². The summed E-state index contributed by atoms with van der Waals surface area (Å²) in [6.45, 7) is 9.27. The Morgan fingerprint density at radius 2 is 1.91 bits per heavy atom. The van der Waals surface area contributed by atoms with Crippen molar-refractivity contribution in [1.29, 1.82) is 0 Å². The molecule has 1 atom stereocenters. The Labute approximate surface area is 189 Å². The number of aryl methyl sites for hydroxylation is 1. The molecule has 1 N–H and O–H groups in total. The highest BCUT2D eigenvalue weighted by Gasteiger charge is 2.28. The molecule has 2 saturated heterocycles. The Morgan fingerprint density at radius 3 is 2.66 bits per heavy atom. The van der Waals surface area contributed by atoms with Gasteiger partial charge < -0.3 is 14.8 Å². The van der Waals surface area contributed by atoms with Crippen molar-refractivity contribution in [3.63, 3.8) is 0 Å². The van der Waals surface area contributed by atoms with Gasteiger partial charge in [0.25, 0.3) is 0 Å². The number of imidazole rings is 1. The van der Waals surface area contributed by atoms with Gasteiger partial charge in [0.15, 0.2) is 0 Å². The second kappa shape index (κ2) is 9.98. The monoisotopic (exact) mass is 443 g/mol. The van der Waals surface area contributed by atoms with E-state index in [2.05, 4.69) is 28.7 Å². The normalized spacial score (nSPS) is 20.3. The van der Waals surface area contributed by atoms with E-state index in [9.17, 15) is 14.0 Å². The molecule has 0 bridgehead atoms. The van der Waals surface area contributed by atoms with E-state index >= 15 is 0 Å². The molecule has 0 spiro atoms. The molecule has 0 saturated carbocycles. The summed E-state index contributed by atoms with van der Waals surface area (Å²) in [6.07, 6.45) is 3.32. The number of hydrogen-bond donors (Lipinski definition) is 1. The van der Waals surface area contributed by atoms with Gasteiger partial charge in [-0.25, -0.2) is 9.37 Å². The van der Waals surface area contributed by atoms with Crippen LogP contribution in [0.25, 0.3) is 11.0 Å². The summed E-state index contributed by atoms with van der Waals surface area (Å²) in [5.41, 5.74) is 1.36. The molecule has 0 aliphatic carbocycles. The summed E-state index contributed by atoms with van der Waals surface area (Å²) in [5.74, 6) is 0.946. The number of carbonyl (C=O) groups excluding carboxylic acids is 2. The van der Waals surface area contributed by atoms with Crippen LogP contribution in [-0.4, -0.2) is 81.8 Å². The number of piperazine rings is 1. The van der Waals surface area contributed by atoms with Crippen molar-refractivity contribution in [2.75, 3.05) is 39.3 Å². The Bertz CT molecular complexity index is 951. The molecule has 2 aliphatic heterocycles. The smallest absolute Gasteiger partial charge is 0.223 e. The number of rotatable bonds is 6. The quantitative estimate of drug-likeness (QED) is 0.745. The van der Waals surface area contributed by atoms with E-state index in [1.807, 2.05) is 9.80 Å². The number of benzene rings is 1. The molecular formula is C24H34FN5O2. The largest absolute Gasteiger partial charge is 0.342 e. The molecule has 1 aromatic carbocycles. The number of nitrogens with zero attached hydrogens (tertiary/aromatic N) is 4. The van der Waals surface area contributed by atoms with Crippen molar-refractivity contribution < 1.29 is 14.0 Å². The van der Waals surface area contributed by atoms with Crippen LogP contribution in [-0.2, 0) is 16.0 Å². The van der Waals surface area contributed by atoms with E-state index in [1.165, 1.54) is 12.1 Å². The van der Waals surface area contributed by atoms with Crippen LogP contribution in [0.4, 0.5) is 4.39 Å². The molecule has 2 fully saturated rings. The molecule has 0 radical (unpaired) electrons. The maximum atomic E-state index is 13.4. The Hall–Kier alpha value is -2.48. The van der Waals surface area contributed by atoms with Crippen LogP contribution in [0.1, 0.15) is 45.4 Å². The first-order valence-electron chi connectivity index (χ1n) is 11.8. The summed E-state index contributed by atoms with van der Waals surface area (Å²) in [6, 6.07) is 4.97. The number of aromatic amines is 1. The lowest BCUT2D eigenvalue weighted by molar-refractivity contribution is -0.137. The van der Waals surface area contributed by atoms with Crippen molar-refractivity contribution in [1.82, 2.24) is 24.7 Å². The zero-order valence-corrected chi connectivity index (χ0v) is 19.1. The van der Waals surface area contributed by atoms with Crippen LogP contribution in [0.15, 0.2) is 18.2 Å². The number of H-pyrrole nitrogens is 1. The summed E-state index contributed by atoms with van der Waals surface area (Å²) < 4.78 is 13.4. The summed E-state index contributed by atoms with van der Waals surface area (Å²) in [5, 5.41) is 0. The van der Waals surface area contributed by atoms with E-state index in [-0.39, 0.29) is 23.5 Å². The molecule has 1 unspecified atom stereocenters. The molecule has 2 aromatic rings. The number of amides is 2. The van der Waals surface area contributed by atoms with Gasteiger partial charge in [0.1, 0.15) is 11.6 Å². The van der Waals surface area contributed by atoms with E-state index in [4.69, 9.17) is 0 Å². The van der Waals surface area contributed by atoms with Gasteiger partial charge in [0.05, 0.1) is 11.0 Å². The van der Waals surface area contributed by atoms with Crippen molar-refractivity contribution in [3.05, 3.63) is 29.8 Å². The minimum absolute atomic E-state index is 0.0966. The number of piperidine rings is 1. The average molecular weight is 444 g/mol. The first-order chi connectivity index (χ1) is 15.4. The molecule has 2 amide bonds. The highest BCUT2D eigenvalue weighted by Crippen LogP contribution is 2.22. The highest BCUT2D eigenvalue weighted by atomic mass is 19.1. The molecule has 3 heterocycles. The third kappa shape index (κ3) is 5.46. The summed E-state index contributed by atoms with van der Waals surface area (Å²) >= 11 is 0. The lowest BCUT2D eigenvalue weighted by Crippen LogP contribution is -2.51. The van der Waals surface area contributed by atoms with Gasteiger partial charge in [-0.3, -0.25) is 14.5 Å². The number of aromatic nitrogens is 2. The zero-order chi connectivity index (χ0) is 22.7. The van der Waals surface area contributed by atoms with Crippen LogP contribution in [0, 0.1) is 11.7 Å². The Balaban J connectivity index is 1.25. The van der Waals surface area contributed by atoms with Crippen LogP contribution < -0.4 is 0 Å². The predicted molar refractivity (Wildman–Crippen MR) is 122 cm³/mol. The van der Waals surface area contributed by atoms with Crippen molar-refractivity contribution in [2.45, 2.75) is 52.0 Å². The first-order valence-corrected chi connectivity index (χ1v) is 11.8. The minimum Gasteiger partial charge on any atom is -0.342 e. The van der Waals surface area contributed by atoms with Crippen LogP contribution in [0.3, 0.4) is 0 Å². The summed E-state index contributed by atoms with van der Waals surface area (Å²) in [7, 11) is 0. The van der Waals surface area contributed by atoms with Gasteiger partial charge in [-0.15, -0.1) is 0 Å². The number of carbonyl (C=O) groups is 2. The lowest BCUT2D eigenvalue weighted by Gasteiger charge is -2.38.